The molecule has 11 nitrogen and oxygen atoms in total. The summed E-state index contributed by atoms with van der Waals surface area (Å²) in [6.45, 7) is 1.33. The van der Waals surface area contributed by atoms with Crippen molar-refractivity contribution < 1.29 is 16.8 Å². The Morgan fingerprint density at radius 2 is 1.47 bits per heavy atom. The largest absolute Gasteiger partial charge is 0.353 e. The Labute approximate surface area is 254 Å². The maximum atomic E-state index is 13.2. The number of anilines is 2. The molecule has 0 saturated carbocycles. The van der Waals surface area contributed by atoms with Gasteiger partial charge in [-0.3, -0.25) is 9.97 Å². The van der Waals surface area contributed by atoms with E-state index in [1.165, 1.54) is 40.5 Å². The van der Waals surface area contributed by atoms with Crippen LogP contribution in [0.5, 0.6) is 0 Å². The van der Waals surface area contributed by atoms with Gasteiger partial charge in [-0.1, -0.05) is 24.3 Å². The van der Waals surface area contributed by atoms with Crippen molar-refractivity contribution in [2.75, 3.05) is 35.8 Å². The quantitative estimate of drug-likeness (QED) is 0.240. The topological polar surface area (TPSA) is 151 Å². The number of nitrogens with one attached hydrogen (secondary N) is 1. The molecule has 1 aliphatic rings. The van der Waals surface area contributed by atoms with Crippen molar-refractivity contribution in [3.63, 3.8) is 0 Å². The zero-order valence-electron chi connectivity index (χ0n) is 22.7. The second-order valence-electron chi connectivity index (χ2n) is 9.82. The summed E-state index contributed by atoms with van der Waals surface area (Å²) in [5.74, 6) is 0.659. The van der Waals surface area contributed by atoms with E-state index in [4.69, 9.17) is 10.1 Å². The van der Waals surface area contributed by atoms with Crippen molar-refractivity contribution in [1.82, 2.24) is 19.3 Å². The lowest BCUT2D eigenvalue weighted by Crippen LogP contribution is -2.48. The fourth-order valence-corrected chi connectivity index (χ4v) is 7.28. The molecule has 0 atom stereocenters. The summed E-state index contributed by atoms with van der Waals surface area (Å²) in [6.07, 6.45) is 5.28. The number of aromatic nitrogens is 3. The summed E-state index contributed by atoms with van der Waals surface area (Å²) >= 11 is 1.51. The van der Waals surface area contributed by atoms with Crippen molar-refractivity contribution in [2.45, 2.75) is 14.7 Å². The molecule has 220 valence electrons. The van der Waals surface area contributed by atoms with Crippen LogP contribution in [0.25, 0.3) is 22.2 Å². The number of pyridine rings is 1. The number of hydrogen-bond donors (Lipinski definition) is 2. The molecular weight excluding hydrogens is 607 g/mol. The monoisotopic (exact) mass is 633 g/mol. The number of nitrogens with zero attached hydrogens (tertiary/aromatic N) is 5. The van der Waals surface area contributed by atoms with Crippen LogP contribution < -0.4 is 14.8 Å². The Balaban J connectivity index is 1.15. The highest BCUT2D eigenvalue weighted by atomic mass is 32.2. The van der Waals surface area contributed by atoms with Gasteiger partial charge in [0.2, 0.25) is 20.0 Å². The summed E-state index contributed by atoms with van der Waals surface area (Å²) < 4.78 is 54.1. The molecule has 1 saturated heterocycles. The van der Waals surface area contributed by atoms with E-state index in [9.17, 15) is 16.8 Å². The first-order chi connectivity index (χ1) is 20.7. The summed E-state index contributed by atoms with van der Waals surface area (Å²) in [5.41, 5.74) is 4.22. The maximum Gasteiger partial charge on any atom is 0.243 e. The first kappa shape index (κ1) is 29.0. The molecule has 14 heteroatoms. The first-order valence-corrected chi connectivity index (χ1v) is 17.1. The molecule has 0 radical (unpaired) electrons. The molecule has 0 aliphatic carbocycles. The highest BCUT2D eigenvalue weighted by Crippen LogP contribution is 2.28. The molecule has 3 N–H and O–H groups in total. The minimum Gasteiger partial charge on any atom is -0.353 e. The van der Waals surface area contributed by atoms with Crippen LogP contribution in [0.15, 0.2) is 112 Å². The van der Waals surface area contributed by atoms with E-state index in [0.717, 1.165) is 32.7 Å². The van der Waals surface area contributed by atoms with E-state index in [1.54, 1.807) is 18.6 Å². The molecule has 0 spiro atoms. The van der Waals surface area contributed by atoms with Crippen LogP contribution in [-0.4, -0.2) is 62.3 Å². The van der Waals surface area contributed by atoms with E-state index in [2.05, 4.69) is 14.7 Å². The number of nitrogens with two attached hydrogens (primary N) is 1. The van der Waals surface area contributed by atoms with Gasteiger partial charge in [-0.05, 0) is 72.1 Å². The van der Waals surface area contributed by atoms with Gasteiger partial charge in [-0.15, -0.1) is 0 Å². The van der Waals surface area contributed by atoms with Gasteiger partial charge in [0.1, 0.15) is 5.82 Å². The number of fused-ring (bicyclic) bond motifs is 1. The van der Waals surface area contributed by atoms with Crippen LogP contribution in [0, 0.1) is 0 Å². The zero-order valence-corrected chi connectivity index (χ0v) is 25.2. The van der Waals surface area contributed by atoms with Crippen molar-refractivity contribution in [1.29, 1.82) is 0 Å². The summed E-state index contributed by atoms with van der Waals surface area (Å²) in [4.78, 5) is 16.8. The van der Waals surface area contributed by atoms with Gasteiger partial charge < -0.3 is 9.62 Å². The average molecular weight is 634 g/mol. The number of benzene rings is 3. The fourth-order valence-electron chi connectivity index (χ4n) is 4.70. The Kier molecular flexibility index (Phi) is 8.03. The average Bonchev–Trinajstić information content (AvgIpc) is 3.03. The zero-order chi connectivity index (χ0) is 30.0. The normalized spacial score (nSPS) is 14.6. The molecule has 1 aliphatic heterocycles. The first-order valence-electron chi connectivity index (χ1n) is 13.2. The molecule has 0 amide bonds. The number of sulfonamides is 2. The van der Waals surface area contributed by atoms with Crippen molar-refractivity contribution in [3.05, 3.63) is 97.5 Å². The van der Waals surface area contributed by atoms with E-state index in [0.29, 0.717) is 18.9 Å². The van der Waals surface area contributed by atoms with Gasteiger partial charge in [0.05, 0.1) is 38.9 Å². The molecule has 1 fully saturated rings. The van der Waals surface area contributed by atoms with E-state index in [-0.39, 0.29) is 22.9 Å². The number of rotatable bonds is 8. The smallest absolute Gasteiger partial charge is 0.243 e. The third-order valence-electron chi connectivity index (χ3n) is 6.98. The molecule has 6 rings (SSSR count). The van der Waals surface area contributed by atoms with Crippen LogP contribution in [-0.2, 0) is 20.0 Å². The molecule has 5 aromatic rings. The highest BCUT2D eigenvalue weighted by molar-refractivity contribution is 8.00. The third kappa shape index (κ3) is 6.48. The number of hydrogen-bond acceptors (Lipinski definition) is 10. The summed E-state index contributed by atoms with van der Waals surface area (Å²) in [6, 6.07) is 22.9. The molecular formula is C29H27N7O4S3. The van der Waals surface area contributed by atoms with Gasteiger partial charge >= 0.3 is 0 Å². The van der Waals surface area contributed by atoms with Gasteiger partial charge in [0.15, 0.2) is 0 Å². The minimum atomic E-state index is -3.91. The number of primary sulfonamides is 1. The Bertz CT molecular complexity index is 1980. The van der Waals surface area contributed by atoms with E-state index >= 15 is 0 Å². The summed E-state index contributed by atoms with van der Waals surface area (Å²) in [5, 5.41) is 5.13. The maximum absolute atomic E-state index is 13.2. The molecule has 2 aromatic heterocycles. The molecule has 0 bridgehead atoms. The fraction of sp³-hybridized carbons (Fsp3) is 0.138. The van der Waals surface area contributed by atoms with E-state index < -0.39 is 20.0 Å². The van der Waals surface area contributed by atoms with Crippen LogP contribution in [0.3, 0.4) is 0 Å². The summed E-state index contributed by atoms with van der Waals surface area (Å²) in [7, 11) is -7.71. The lowest BCUT2D eigenvalue weighted by atomic mass is 10.1. The molecule has 0 unspecified atom stereocenters. The van der Waals surface area contributed by atoms with Crippen LogP contribution in [0.1, 0.15) is 0 Å². The molecule has 3 aromatic carbocycles. The van der Waals surface area contributed by atoms with Crippen molar-refractivity contribution >= 4 is 54.5 Å². The highest BCUT2D eigenvalue weighted by Gasteiger charge is 2.29. The van der Waals surface area contributed by atoms with Crippen molar-refractivity contribution in [3.8, 4) is 11.1 Å². The lowest BCUT2D eigenvalue weighted by molar-refractivity contribution is 0.384. The Hall–Kier alpha value is -4.08. The second kappa shape index (κ2) is 11.9. The molecule has 3 heterocycles. The van der Waals surface area contributed by atoms with Gasteiger partial charge in [0.25, 0.3) is 0 Å². The predicted molar refractivity (Wildman–Crippen MR) is 167 cm³/mol. The minimum absolute atomic E-state index is 0.0128. The predicted octanol–water partition coefficient (Wildman–Crippen LogP) is 3.97. The van der Waals surface area contributed by atoms with Crippen LogP contribution in [0.2, 0.25) is 0 Å². The van der Waals surface area contributed by atoms with Gasteiger partial charge in [-0.25, -0.2) is 27.0 Å². The second-order valence-corrected chi connectivity index (χ2v) is 14.2. The van der Waals surface area contributed by atoms with Gasteiger partial charge in [0, 0.05) is 42.8 Å². The third-order valence-corrected chi connectivity index (χ3v) is 10.7. The lowest BCUT2D eigenvalue weighted by Gasteiger charge is -2.34. The number of piperazine rings is 1. The molecule has 43 heavy (non-hydrogen) atoms. The van der Waals surface area contributed by atoms with E-state index in [1.807, 2.05) is 59.5 Å². The Morgan fingerprint density at radius 3 is 2.19 bits per heavy atom. The standard InChI is InChI=1S/C29H27N7O4S3/c30-42(37,38)25-7-9-26(10-8-25)43(39,40)36-14-12-35(13-15-36)29-20-32-27-11-6-21(17-28(27)33-29)22-16-23(19-31-18-22)34-41-24-4-2-1-3-5-24/h1-11,16-20,34H,12-15H2,(H2,30,37,38). The Morgan fingerprint density at radius 1 is 0.744 bits per heavy atom. The van der Waals surface area contributed by atoms with Gasteiger partial charge in [-0.2, -0.15) is 4.31 Å². The SMILES string of the molecule is NS(=O)(=O)c1ccc(S(=O)(=O)N2CCN(c3cnc4ccc(-c5cncc(NSc6ccccc6)c5)cc4n3)CC2)cc1. The van der Waals surface area contributed by atoms with Crippen LogP contribution >= 0.6 is 11.9 Å². The van der Waals surface area contributed by atoms with Crippen LogP contribution in [0.4, 0.5) is 11.5 Å². The van der Waals surface area contributed by atoms with Crippen molar-refractivity contribution in [2.24, 2.45) is 5.14 Å².